The molecule has 0 nitrogen and oxygen atoms in total. The lowest BCUT2D eigenvalue weighted by Crippen LogP contribution is -2.13. The maximum Gasteiger partial charge on any atom is 0.134 e. The minimum absolute atomic E-state index is 0.0544. The zero-order valence-corrected chi connectivity index (χ0v) is 19.2. The summed E-state index contributed by atoms with van der Waals surface area (Å²) in [6, 6.07) is 18.2. The summed E-state index contributed by atoms with van der Waals surface area (Å²) in [5.74, 6) is 8.03. The molecule has 1 fully saturated rings. The van der Waals surface area contributed by atoms with E-state index in [0.717, 1.165) is 59.6 Å². The fraction of sp³-hybridized carbons (Fsp3) is 0.355. The first-order chi connectivity index (χ1) is 15.6. The standard InChI is InChI=1S/C31H33F/c1-3-4-5-24-10-12-26(13-11-24)14-15-27-17-21-30-29(22-27)20-19-28(31(30)32)18-16-25-8-6-23(2)7-9-25/h3,10-13,17,19-23,25H,1,4-9,16,18H2,2H3. The van der Waals surface area contributed by atoms with E-state index in [2.05, 4.69) is 55.7 Å². The van der Waals surface area contributed by atoms with E-state index in [4.69, 9.17) is 0 Å². The first-order valence-corrected chi connectivity index (χ1v) is 12.1. The minimum Gasteiger partial charge on any atom is -0.206 e. The van der Waals surface area contributed by atoms with Gasteiger partial charge in [-0.3, -0.25) is 0 Å². The Hall–Kier alpha value is -2.85. The third-order valence-corrected chi connectivity index (χ3v) is 6.93. The van der Waals surface area contributed by atoms with Gasteiger partial charge in [0, 0.05) is 16.5 Å². The van der Waals surface area contributed by atoms with Crippen molar-refractivity contribution in [2.24, 2.45) is 11.8 Å². The SMILES string of the molecule is C=CCCc1ccc(C#Cc2ccc3c(F)c(CCC4CCC(C)CC4)ccc3c2)cc1. The highest BCUT2D eigenvalue weighted by molar-refractivity contribution is 5.85. The molecule has 0 N–H and O–H groups in total. The number of benzene rings is 3. The van der Waals surface area contributed by atoms with E-state index in [-0.39, 0.29) is 5.82 Å². The van der Waals surface area contributed by atoms with Crippen molar-refractivity contribution in [1.82, 2.24) is 0 Å². The number of allylic oxidation sites excluding steroid dienone is 1. The monoisotopic (exact) mass is 424 g/mol. The van der Waals surface area contributed by atoms with Crippen LogP contribution in [-0.2, 0) is 12.8 Å². The molecular formula is C31H33F. The van der Waals surface area contributed by atoms with Gasteiger partial charge in [0.1, 0.15) is 5.82 Å². The highest BCUT2D eigenvalue weighted by Gasteiger charge is 2.18. The second kappa shape index (κ2) is 10.6. The number of halogens is 1. The Balaban J connectivity index is 1.44. The molecule has 32 heavy (non-hydrogen) atoms. The molecule has 1 aliphatic rings. The molecule has 4 rings (SSSR count). The van der Waals surface area contributed by atoms with E-state index < -0.39 is 0 Å². The maximum absolute atomic E-state index is 15.2. The lowest BCUT2D eigenvalue weighted by Gasteiger charge is -2.26. The maximum atomic E-state index is 15.2. The van der Waals surface area contributed by atoms with Gasteiger partial charge in [-0.25, -0.2) is 4.39 Å². The molecule has 1 saturated carbocycles. The van der Waals surface area contributed by atoms with E-state index >= 15 is 4.39 Å². The zero-order valence-electron chi connectivity index (χ0n) is 19.2. The second-order valence-corrected chi connectivity index (χ2v) is 9.41. The minimum atomic E-state index is -0.0544. The van der Waals surface area contributed by atoms with Crippen LogP contribution in [0, 0.1) is 29.5 Å². The average Bonchev–Trinajstić information content (AvgIpc) is 2.82. The molecule has 164 valence electrons. The van der Waals surface area contributed by atoms with Gasteiger partial charge in [0.05, 0.1) is 0 Å². The van der Waals surface area contributed by atoms with Crippen molar-refractivity contribution < 1.29 is 4.39 Å². The van der Waals surface area contributed by atoms with Crippen LogP contribution in [0.2, 0.25) is 0 Å². The Bertz CT molecular complexity index is 1120. The zero-order chi connectivity index (χ0) is 22.3. The predicted octanol–water partition coefficient (Wildman–Crippen LogP) is 8.26. The number of rotatable bonds is 6. The summed E-state index contributed by atoms with van der Waals surface area (Å²) < 4.78 is 15.2. The Morgan fingerprint density at radius 2 is 1.62 bits per heavy atom. The first-order valence-electron chi connectivity index (χ1n) is 12.1. The third kappa shape index (κ3) is 5.68. The number of hydrogen-bond acceptors (Lipinski definition) is 0. The molecule has 0 amide bonds. The molecule has 0 spiro atoms. The second-order valence-electron chi connectivity index (χ2n) is 9.41. The summed E-state index contributed by atoms with van der Waals surface area (Å²) in [5, 5.41) is 1.63. The van der Waals surface area contributed by atoms with Crippen LogP contribution in [0.25, 0.3) is 10.8 Å². The summed E-state index contributed by atoms with van der Waals surface area (Å²) in [4.78, 5) is 0. The Labute approximate surface area is 192 Å². The highest BCUT2D eigenvalue weighted by Crippen LogP contribution is 2.32. The van der Waals surface area contributed by atoms with E-state index in [9.17, 15) is 0 Å². The van der Waals surface area contributed by atoms with Gasteiger partial charge in [0.2, 0.25) is 0 Å². The van der Waals surface area contributed by atoms with Crippen molar-refractivity contribution >= 4 is 10.8 Å². The summed E-state index contributed by atoms with van der Waals surface area (Å²) in [5.41, 5.74) is 4.06. The van der Waals surface area contributed by atoms with E-state index in [1.807, 2.05) is 30.3 Å². The summed E-state index contributed by atoms with van der Waals surface area (Å²) in [6.07, 6.45) is 11.1. The molecule has 1 aliphatic carbocycles. The van der Waals surface area contributed by atoms with Gasteiger partial charge in [0.15, 0.2) is 0 Å². The van der Waals surface area contributed by atoms with Crippen LogP contribution in [-0.4, -0.2) is 0 Å². The summed E-state index contributed by atoms with van der Waals surface area (Å²) >= 11 is 0. The van der Waals surface area contributed by atoms with E-state index in [1.165, 1.54) is 31.2 Å². The molecule has 1 heteroatoms. The highest BCUT2D eigenvalue weighted by atomic mass is 19.1. The fourth-order valence-corrected chi connectivity index (χ4v) is 4.75. The van der Waals surface area contributed by atoms with Crippen LogP contribution >= 0.6 is 0 Å². The lowest BCUT2D eigenvalue weighted by molar-refractivity contribution is 0.277. The van der Waals surface area contributed by atoms with E-state index in [0.29, 0.717) is 5.39 Å². The van der Waals surface area contributed by atoms with Crippen molar-refractivity contribution in [1.29, 1.82) is 0 Å². The van der Waals surface area contributed by atoms with Gasteiger partial charge in [-0.1, -0.05) is 80.9 Å². The first kappa shape index (κ1) is 22.3. The quantitative estimate of drug-likeness (QED) is 0.276. The van der Waals surface area contributed by atoms with Crippen molar-refractivity contribution in [3.8, 4) is 11.8 Å². The van der Waals surface area contributed by atoms with Crippen LogP contribution in [0.5, 0.6) is 0 Å². The lowest BCUT2D eigenvalue weighted by atomic mass is 9.80. The number of hydrogen-bond donors (Lipinski definition) is 0. The Morgan fingerprint density at radius 3 is 2.38 bits per heavy atom. The van der Waals surface area contributed by atoms with Gasteiger partial charge in [-0.2, -0.15) is 0 Å². The van der Waals surface area contributed by atoms with Crippen molar-refractivity contribution in [2.75, 3.05) is 0 Å². The topological polar surface area (TPSA) is 0 Å². The predicted molar refractivity (Wildman–Crippen MR) is 134 cm³/mol. The van der Waals surface area contributed by atoms with Gasteiger partial charge in [-0.15, -0.1) is 6.58 Å². The van der Waals surface area contributed by atoms with Gasteiger partial charge < -0.3 is 0 Å². The Morgan fingerprint density at radius 1 is 0.906 bits per heavy atom. The van der Waals surface area contributed by atoms with Crippen LogP contribution in [0.15, 0.2) is 67.3 Å². The molecule has 3 aromatic carbocycles. The van der Waals surface area contributed by atoms with Crippen LogP contribution in [0.4, 0.5) is 4.39 Å². The van der Waals surface area contributed by atoms with Crippen molar-refractivity contribution in [3.63, 3.8) is 0 Å². The van der Waals surface area contributed by atoms with Crippen LogP contribution in [0.3, 0.4) is 0 Å². The molecule has 3 aromatic rings. The molecule has 0 unspecified atom stereocenters. The number of aryl methyl sites for hydroxylation is 2. The summed E-state index contributed by atoms with van der Waals surface area (Å²) in [7, 11) is 0. The van der Waals surface area contributed by atoms with Crippen LogP contribution < -0.4 is 0 Å². The molecule has 0 atom stereocenters. The van der Waals surface area contributed by atoms with Gasteiger partial charge >= 0.3 is 0 Å². The van der Waals surface area contributed by atoms with Crippen molar-refractivity contribution in [3.05, 3.63) is 95.3 Å². The Kier molecular flexibility index (Phi) is 7.43. The van der Waals surface area contributed by atoms with E-state index in [1.54, 1.807) is 0 Å². The molecule has 0 aliphatic heterocycles. The summed E-state index contributed by atoms with van der Waals surface area (Å²) in [6.45, 7) is 6.12. The third-order valence-electron chi connectivity index (χ3n) is 6.93. The van der Waals surface area contributed by atoms with Gasteiger partial charge in [0.25, 0.3) is 0 Å². The van der Waals surface area contributed by atoms with Gasteiger partial charge in [-0.05, 0) is 78.3 Å². The average molecular weight is 425 g/mol. The molecule has 0 radical (unpaired) electrons. The smallest absolute Gasteiger partial charge is 0.134 e. The largest absolute Gasteiger partial charge is 0.206 e. The van der Waals surface area contributed by atoms with Crippen LogP contribution in [0.1, 0.15) is 67.7 Å². The fourth-order valence-electron chi connectivity index (χ4n) is 4.75. The normalized spacial score (nSPS) is 18.2. The molecule has 0 heterocycles. The molecule has 0 aromatic heterocycles. The number of fused-ring (bicyclic) bond motifs is 1. The molecule has 0 bridgehead atoms. The molecular weight excluding hydrogens is 391 g/mol. The molecule has 0 saturated heterocycles. The van der Waals surface area contributed by atoms with Crippen molar-refractivity contribution in [2.45, 2.75) is 58.3 Å².